The van der Waals surface area contributed by atoms with Gasteiger partial charge in [0.25, 0.3) is 0 Å². The van der Waals surface area contributed by atoms with Gasteiger partial charge in [-0.3, -0.25) is 0 Å². The molecule has 1 nitrogen and oxygen atoms in total. The smallest absolute Gasteiger partial charge is 0.126 e. The monoisotopic (exact) mass is 343 g/mol. The van der Waals surface area contributed by atoms with Crippen LogP contribution in [0.5, 0.6) is 0 Å². The summed E-state index contributed by atoms with van der Waals surface area (Å²) in [6.45, 7) is 0. The Morgan fingerprint density at radius 1 is 1.05 bits per heavy atom. The van der Waals surface area contributed by atoms with Crippen LogP contribution in [0.3, 0.4) is 0 Å². The Balaban J connectivity index is 2.30. The molecule has 1 atom stereocenters. The Morgan fingerprint density at radius 2 is 1.80 bits per heavy atom. The molecule has 0 radical (unpaired) electrons. The summed E-state index contributed by atoms with van der Waals surface area (Å²) in [6.07, 6.45) is 0.232. The van der Waals surface area contributed by atoms with Crippen molar-refractivity contribution in [3.8, 4) is 0 Å². The van der Waals surface area contributed by atoms with E-state index < -0.39 is 11.6 Å². The minimum absolute atomic E-state index is 0.232. The van der Waals surface area contributed by atoms with Gasteiger partial charge < -0.3 is 5.32 Å². The molecule has 5 heteroatoms. The van der Waals surface area contributed by atoms with Crippen molar-refractivity contribution in [2.24, 2.45) is 0 Å². The highest BCUT2D eigenvalue weighted by Crippen LogP contribution is 2.24. The fourth-order valence-corrected chi connectivity index (χ4v) is 2.57. The maximum absolute atomic E-state index is 13.7. The zero-order valence-electron chi connectivity index (χ0n) is 10.8. The third kappa shape index (κ3) is 3.61. The summed E-state index contributed by atoms with van der Waals surface area (Å²) >= 11 is 3.22. The third-order valence-corrected chi connectivity index (χ3v) is 3.53. The predicted octanol–water partition coefficient (Wildman–Crippen LogP) is 4.37. The highest BCUT2D eigenvalue weighted by atomic mass is 79.9. The van der Waals surface area contributed by atoms with Gasteiger partial charge in [-0.05, 0) is 61.0 Å². The van der Waals surface area contributed by atoms with Crippen molar-refractivity contribution in [2.45, 2.75) is 12.5 Å². The van der Waals surface area contributed by atoms with Crippen molar-refractivity contribution in [3.63, 3.8) is 0 Å². The zero-order valence-corrected chi connectivity index (χ0v) is 12.3. The lowest BCUT2D eigenvalue weighted by molar-refractivity contribution is 0.540. The van der Waals surface area contributed by atoms with Crippen molar-refractivity contribution >= 4 is 15.9 Å². The van der Waals surface area contributed by atoms with Crippen molar-refractivity contribution in [1.82, 2.24) is 5.32 Å². The van der Waals surface area contributed by atoms with E-state index in [2.05, 4.69) is 21.2 Å². The third-order valence-electron chi connectivity index (χ3n) is 3.07. The number of likely N-dealkylation sites (N-methyl/N-ethyl adjacent to an activating group) is 1. The van der Waals surface area contributed by atoms with Crippen LogP contribution in [-0.4, -0.2) is 7.05 Å². The van der Waals surface area contributed by atoms with Crippen molar-refractivity contribution in [3.05, 3.63) is 69.4 Å². The highest BCUT2D eigenvalue weighted by Gasteiger charge is 2.15. The minimum Gasteiger partial charge on any atom is -0.313 e. The lowest BCUT2D eigenvalue weighted by Crippen LogP contribution is -2.19. The molecular weight excluding hydrogens is 331 g/mol. The first-order chi connectivity index (χ1) is 9.49. The first-order valence-electron chi connectivity index (χ1n) is 6.07. The maximum atomic E-state index is 13.7. The lowest BCUT2D eigenvalue weighted by atomic mass is 9.98. The molecule has 0 aromatic heterocycles. The van der Waals surface area contributed by atoms with Gasteiger partial charge in [0.1, 0.15) is 17.5 Å². The van der Waals surface area contributed by atoms with E-state index in [1.807, 2.05) is 0 Å². The van der Waals surface area contributed by atoms with E-state index in [0.717, 1.165) is 18.2 Å². The average molecular weight is 344 g/mol. The quantitative estimate of drug-likeness (QED) is 0.869. The fraction of sp³-hybridized carbons (Fsp3) is 0.200. The van der Waals surface area contributed by atoms with Crippen LogP contribution < -0.4 is 5.32 Å². The summed E-state index contributed by atoms with van der Waals surface area (Å²) in [7, 11) is 1.70. The average Bonchev–Trinajstić information content (AvgIpc) is 2.38. The summed E-state index contributed by atoms with van der Waals surface area (Å²) in [5.74, 6) is -1.34. The van der Waals surface area contributed by atoms with Gasteiger partial charge in [0.15, 0.2) is 0 Å². The standard InChI is InChI=1S/C15H13BrF3N/c1-20-15(10-4-11(16)8-13(18)6-10)7-9-5-12(17)2-3-14(9)19/h2-6,8,15,20H,7H2,1H3. The van der Waals surface area contributed by atoms with Gasteiger partial charge in [0.2, 0.25) is 0 Å². The van der Waals surface area contributed by atoms with E-state index in [4.69, 9.17) is 0 Å². The summed E-state index contributed by atoms with van der Waals surface area (Å²) in [5.41, 5.74) is 0.924. The minimum atomic E-state index is -0.489. The van der Waals surface area contributed by atoms with Crippen LogP contribution in [0.25, 0.3) is 0 Å². The van der Waals surface area contributed by atoms with Gasteiger partial charge in [-0.2, -0.15) is 0 Å². The first-order valence-corrected chi connectivity index (χ1v) is 6.86. The van der Waals surface area contributed by atoms with Crippen LogP contribution in [-0.2, 0) is 6.42 Å². The maximum Gasteiger partial charge on any atom is 0.126 e. The van der Waals surface area contributed by atoms with Gasteiger partial charge in [-0.15, -0.1) is 0 Å². The van der Waals surface area contributed by atoms with Gasteiger partial charge in [0.05, 0.1) is 0 Å². The molecule has 0 aliphatic rings. The molecular formula is C15H13BrF3N. The van der Waals surface area contributed by atoms with Crippen LogP contribution in [0, 0.1) is 17.5 Å². The van der Waals surface area contributed by atoms with Crippen LogP contribution in [0.4, 0.5) is 13.2 Å². The van der Waals surface area contributed by atoms with E-state index in [1.165, 1.54) is 12.1 Å². The van der Waals surface area contributed by atoms with Crippen LogP contribution in [0.2, 0.25) is 0 Å². The molecule has 1 N–H and O–H groups in total. The van der Waals surface area contributed by atoms with E-state index in [-0.39, 0.29) is 23.8 Å². The second kappa shape index (κ2) is 6.41. The number of hydrogen-bond acceptors (Lipinski definition) is 1. The van der Waals surface area contributed by atoms with Gasteiger partial charge >= 0.3 is 0 Å². The molecule has 0 saturated heterocycles. The van der Waals surface area contributed by atoms with Crippen molar-refractivity contribution in [2.75, 3.05) is 7.05 Å². The molecule has 0 fully saturated rings. The Bertz CT molecular complexity index is 596. The largest absolute Gasteiger partial charge is 0.313 e. The number of benzene rings is 2. The zero-order chi connectivity index (χ0) is 14.7. The number of hydrogen-bond donors (Lipinski definition) is 1. The normalized spacial score (nSPS) is 12.4. The summed E-state index contributed by atoms with van der Waals surface area (Å²) in [5, 5.41) is 2.99. The molecule has 20 heavy (non-hydrogen) atoms. The number of halogens is 4. The second-order valence-electron chi connectivity index (χ2n) is 4.48. The van der Waals surface area contributed by atoms with E-state index >= 15 is 0 Å². The number of rotatable bonds is 4. The second-order valence-corrected chi connectivity index (χ2v) is 5.40. The van der Waals surface area contributed by atoms with Crippen LogP contribution in [0.1, 0.15) is 17.2 Å². The molecule has 0 saturated carbocycles. The Morgan fingerprint density at radius 3 is 2.45 bits per heavy atom. The SMILES string of the molecule is CNC(Cc1cc(F)ccc1F)c1cc(F)cc(Br)c1. The molecule has 2 aromatic rings. The van der Waals surface area contributed by atoms with Crippen LogP contribution in [0.15, 0.2) is 40.9 Å². The molecule has 2 aromatic carbocycles. The Labute approximate surface area is 123 Å². The summed E-state index contributed by atoms with van der Waals surface area (Å²) in [6, 6.07) is 7.50. The van der Waals surface area contributed by atoms with Crippen molar-refractivity contribution < 1.29 is 13.2 Å². The first kappa shape index (κ1) is 15.1. The van der Waals surface area contributed by atoms with Gasteiger partial charge in [-0.25, -0.2) is 13.2 Å². The van der Waals surface area contributed by atoms with E-state index in [1.54, 1.807) is 13.1 Å². The van der Waals surface area contributed by atoms with E-state index in [9.17, 15) is 13.2 Å². The summed E-state index contributed by atoms with van der Waals surface area (Å²) < 4.78 is 40.9. The highest BCUT2D eigenvalue weighted by molar-refractivity contribution is 9.10. The molecule has 0 bridgehead atoms. The number of nitrogens with one attached hydrogen (secondary N) is 1. The molecule has 0 amide bonds. The molecule has 0 aliphatic carbocycles. The Hall–Kier alpha value is -1.33. The molecule has 0 heterocycles. The molecule has 1 unspecified atom stereocenters. The lowest BCUT2D eigenvalue weighted by Gasteiger charge is -2.18. The molecule has 2 rings (SSSR count). The molecule has 106 valence electrons. The Kier molecular flexibility index (Phi) is 4.83. The fourth-order valence-electron chi connectivity index (χ4n) is 2.08. The van der Waals surface area contributed by atoms with Gasteiger partial charge in [-0.1, -0.05) is 15.9 Å². The van der Waals surface area contributed by atoms with Crippen LogP contribution >= 0.6 is 15.9 Å². The molecule has 0 aliphatic heterocycles. The summed E-state index contributed by atoms with van der Waals surface area (Å²) in [4.78, 5) is 0. The topological polar surface area (TPSA) is 12.0 Å². The van der Waals surface area contributed by atoms with Crippen molar-refractivity contribution in [1.29, 1.82) is 0 Å². The molecule has 0 spiro atoms. The van der Waals surface area contributed by atoms with E-state index in [0.29, 0.717) is 10.0 Å². The predicted molar refractivity (Wildman–Crippen MR) is 76.0 cm³/mol. The van der Waals surface area contributed by atoms with Gasteiger partial charge in [0, 0.05) is 10.5 Å².